The molecule has 0 aliphatic heterocycles. The fourth-order valence-electron chi connectivity index (χ4n) is 1.11. The number of nitrogens with one attached hydrogen (secondary N) is 1. The molecule has 0 bridgehead atoms. The van der Waals surface area contributed by atoms with E-state index in [0.717, 1.165) is 23.0 Å². The van der Waals surface area contributed by atoms with Gasteiger partial charge in [-0.25, -0.2) is 0 Å². The largest absolute Gasteiger partial charge is 0.384 e. The average Bonchev–Trinajstić information content (AvgIpc) is 2.18. The van der Waals surface area contributed by atoms with Gasteiger partial charge in [-0.15, -0.1) is 0 Å². The summed E-state index contributed by atoms with van der Waals surface area (Å²) in [7, 11) is 0. The number of hydrogen-bond acceptors (Lipinski definition) is 2. The van der Waals surface area contributed by atoms with E-state index in [0.29, 0.717) is 0 Å². The van der Waals surface area contributed by atoms with Gasteiger partial charge in [0.05, 0.1) is 0 Å². The molecule has 1 aromatic carbocycles. The van der Waals surface area contributed by atoms with Crippen molar-refractivity contribution in [3.63, 3.8) is 0 Å². The molecule has 1 rings (SSSR count). The van der Waals surface area contributed by atoms with Gasteiger partial charge in [0.15, 0.2) is 0 Å². The predicted molar refractivity (Wildman–Crippen MR) is 67.6 cm³/mol. The maximum absolute atomic E-state index is 5.86. The first-order valence-electron chi connectivity index (χ1n) is 4.90. The predicted octanol–water partition coefficient (Wildman–Crippen LogP) is 3.90. The Morgan fingerprint density at radius 2 is 2.21 bits per heavy atom. The van der Waals surface area contributed by atoms with Gasteiger partial charge in [-0.1, -0.05) is 24.6 Å². The van der Waals surface area contributed by atoms with Crippen LogP contribution in [0.4, 0.5) is 5.69 Å². The van der Waals surface area contributed by atoms with E-state index in [1.54, 1.807) is 0 Å². The minimum Gasteiger partial charge on any atom is -0.384 e. The summed E-state index contributed by atoms with van der Waals surface area (Å²) in [6, 6.07) is 7.84. The summed E-state index contributed by atoms with van der Waals surface area (Å²) in [4.78, 5) is 0. The molecule has 1 N–H and O–H groups in total. The molecule has 0 fully saturated rings. The van der Waals surface area contributed by atoms with Crippen molar-refractivity contribution in [3.8, 4) is 0 Å². The first-order valence-corrected chi connectivity index (χ1v) is 6.43. The van der Waals surface area contributed by atoms with Crippen molar-refractivity contribution in [1.29, 1.82) is 0 Å². The van der Waals surface area contributed by atoms with Crippen molar-refractivity contribution in [1.82, 2.24) is 0 Å². The van der Waals surface area contributed by atoms with Crippen LogP contribution >= 0.6 is 23.4 Å². The molecule has 1 nitrogen and oxygen atoms in total. The van der Waals surface area contributed by atoms with E-state index >= 15 is 0 Å². The van der Waals surface area contributed by atoms with Gasteiger partial charge < -0.3 is 5.32 Å². The molecule has 0 aliphatic rings. The van der Waals surface area contributed by atoms with Crippen LogP contribution in [0.15, 0.2) is 24.3 Å². The molecular weight excluding hydrogens is 214 g/mol. The summed E-state index contributed by atoms with van der Waals surface area (Å²) >= 11 is 7.84. The van der Waals surface area contributed by atoms with Gasteiger partial charge in [-0.3, -0.25) is 0 Å². The standard InChI is InChI=1S/C11H16ClNS/c1-2-7-14-8-6-13-11-5-3-4-10(12)9-11/h3-5,9,13H,2,6-8H2,1H3. The van der Waals surface area contributed by atoms with Crippen molar-refractivity contribution in [2.24, 2.45) is 0 Å². The zero-order valence-electron chi connectivity index (χ0n) is 8.42. The highest BCUT2D eigenvalue weighted by molar-refractivity contribution is 7.99. The van der Waals surface area contributed by atoms with E-state index in [2.05, 4.69) is 12.2 Å². The van der Waals surface area contributed by atoms with Crippen LogP contribution in [0.1, 0.15) is 13.3 Å². The summed E-state index contributed by atoms with van der Waals surface area (Å²) in [5.41, 5.74) is 1.11. The Hall–Kier alpha value is -0.340. The SMILES string of the molecule is CCCSCCNc1cccc(Cl)c1. The molecule has 3 heteroatoms. The smallest absolute Gasteiger partial charge is 0.0426 e. The number of anilines is 1. The van der Waals surface area contributed by atoms with Crippen molar-refractivity contribution in [2.45, 2.75) is 13.3 Å². The van der Waals surface area contributed by atoms with E-state index in [4.69, 9.17) is 11.6 Å². The van der Waals surface area contributed by atoms with Crippen LogP contribution in [0.2, 0.25) is 5.02 Å². The van der Waals surface area contributed by atoms with E-state index in [-0.39, 0.29) is 0 Å². The highest BCUT2D eigenvalue weighted by Crippen LogP contribution is 2.14. The topological polar surface area (TPSA) is 12.0 Å². The monoisotopic (exact) mass is 229 g/mol. The zero-order valence-corrected chi connectivity index (χ0v) is 10.00. The van der Waals surface area contributed by atoms with E-state index < -0.39 is 0 Å². The molecule has 78 valence electrons. The molecule has 0 unspecified atom stereocenters. The lowest BCUT2D eigenvalue weighted by Crippen LogP contribution is -2.04. The van der Waals surface area contributed by atoms with Gasteiger partial charge in [-0.05, 0) is 30.4 Å². The third-order valence-corrected chi connectivity index (χ3v) is 3.17. The molecular formula is C11H16ClNS. The lowest BCUT2D eigenvalue weighted by molar-refractivity contribution is 1.10. The second kappa shape index (κ2) is 7.02. The normalized spacial score (nSPS) is 10.1. The summed E-state index contributed by atoms with van der Waals surface area (Å²) in [6.45, 7) is 3.21. The Bertz CT molecular complexity index is 265. The van der Waals surface area contributed by atoms with Gasteiger partial charge in [0.25, 0.3) is 0 Å². The maximum Gasteiger partial charge on any atom is 0.0426 e. The van der Waals surface area contributed by atoms with Crippen LogP contribution in [0.25, 0.3) is 0 Å². The van der Waals surface area contributed by atoms with E-state index in [9.17, 15) is 0 Å². The highest BCUT2D eigenvalue weighted by atomic mass is 35.5. The van der Waals surface area contributed by atoms with Gasteiger partial charge in [0, 0.05) is 23.0 Å². The Labute approximate surface area is 95.2 Å². The minimum absolute atomic E-state index is 0.788. The number of thioether (sulfide) groups is 1. The maximum atomic E-state index is 5.86. The molecule has 0 heterocycles. The molecule has 0 aliphatic carbocycles. The Morgan fingerprint density at radius 3 is 2.93 bits per heavy atom. The quantitative estimate of drug-likeness (QED) is 0.743. The summed E-state index contributed by atoms with van der Waals surface area (Å²) in [6.07, 6.45) is 1.25. The molecule has 1 aromatic rings. The fourth-order valence-corrected chi connectivity index (χ4v) is 2.04. The van der Waals surface area contributed by atoms with Crippen LogP contribution in [-0.2, 0) is 0 Å². The fraction of sp³-hybridized carbons (Fsp3) is 0.455. The van der Waals surface area contributed by atoms with Crippen molar-refractivity contribution in [3.05, 3.63) is 29.3 Å². The second-order valence-electron chi connectivity index (χ2n) is 3.05. The Balaban J connectivity index is 2.18. The molecule has 0 saturated carbocycles. The molecule has 0 atom stereocenters. The van der Waals surface area contributed by atoms with Crippen LogP contribution in [0.5, 0.6) is 0 Å². The number of benzene rings is 1. The Kier molecular flexibility index (Phi) is 5.88. The summed E-state index contributed by atoms with van der Waals surface area (Å²) < 4.78 is 0. The Morgan fingerprint density at radius 1 is 1.36 bits per heavy atom. The summed E-state index contributed by atoms with van der Waals surface area (Å²) in [5.74, 6) is 2.40. The number of rotatable bonds is 6. The number of hydrogen-bond donors (Lipinski definition) is 1. The first kappa shape index (κ1) is 11.7. The second-order valence-corrected chi connectivity index (χ2v) is 4.71. The van der Waals surface area contributed by atoms with Crippen molar-refractivity contribution >= 4 is 29.1 Å². The third-order valence-electron chi connectivity index (χ3n) is 1.75. The van der Waals surface area contributed by atoms with Crippen molar-refractivity contribution < 1.29 is 0 Å². The van der Waals surface area contributed by atoms with Crippen molar-refractivity contribution in [2.75, 3.05) is 23.4 Å². The molecule has 0 aromatic heterocycles. The molecule has 0 spiro atoms. The van der Waals surface area contributed by atoms with Gasteiger partial charge in [-0.2, -0.15) is 11.8 Å². The molecule has 14 heavy (non-hydrogen) atoms. The average molecular weight is 230 g/mol. The van der Waals surface area contributed by atoms with Gasteiger partial charge in [0.1, 0.15) is 0 Å². The van der Waals surface area contributed by atoms with E-state index in [1.165, 1.54) is 12.2 Å². The minimum atomic E-state index is 0.788. The lowest BCUT2D eigenvalue weighted by atomic mass is 10.3. The zero-order chi connectivity index (χ0) is 10.2. The molecule has 0 amide bonds. The lowest BCUT2D eigenvalue weighted by Gasteiger charge is -2.05. The first-order chi connectivity index (χ1) is 6.83. The molecule has 0 radical (unpaired) electrons. The van der Waals surface area contributed by atoms with Gasteiger partial charge >= 0.3 is 0 Å². The van der Waals surface area contributed by atoms with Crippen LogP contribution in [0, 0.1) is 0 Å². The van der Waals surface area contributed by atoms with Gasteiger partial charge in [0.2, 0.25) is 0 Å². The highest BCUT2D eigenvalue weighted by Gasteiger charge is 1.92. The summed E-state index contributed by atoms with van der Waals surface area (Å²) in [5, 5.41) is 4.13. The van der Waals surface area contributed by atoms with Crippen LogP contribution in [0.3, 0.4) is 0 Å². The third kappa shape index (κ3) is 4.77. The molecule has 0 saturated heterocycles. The van der Waals surface area contributed by atoms with Crippen LogP contribution < -0.4 is 5.32 Å². The number of halogens is 1. The van der Waals surface area contributed by atoms with Crippen LogP contribution in [-0.4, -0.2) is 18.1 Å². The van der Waals surface area contributed by atoms with E-state index in [1.807, 2.05) is 36.0 Å².